The van der Waals surface area contributed by atoms with Crippen LogP contribution in [-0.4, -0.2) is 18.5 Å². The molecule has 0 aromatic carbocycles. The van der Waals surface area contributed by atoms with Crippen LogP contribution in [0.1, 0.15) is 39.0 Å². The van der Waals surface area contributed by atoms with Gasteiger partial charge in [0, 0.05) is 6.04 Å². The standard InChI is InChI=1S/C10H20N2O/c1-8(12-10(13)7-11)9-5-3-2-4-6-9/h8-9H,2-7,11H2,1H3,(H,12,13)/t8-/m1/s1. The van der Waals surface area contributed by atoms with Crippen molar-refractivity contribution in [2.24, 2.45) is 11.7 Å². The van der Waals surface area contributed by atoms with E-state index in [4.69, 9.17) is 5.73 Å². The second-order valence-corrected chi connectivity index (χ2v) is 3.96. The molecule has 0 bridgehead atoms. The van der Waals surface area contributed by atoms with Gasteiger partial charge in [0.2, 0.25) is 5.91 Å². The van der Waals surface area contributed by atoms with Crippen molar-refractivity contribution in [3.8, 4) is 0 Å². The fourth-order valence-corrected chi connectivity index (χ4v) is 2.06. The third kappa shape index (κ3) is 3.35. The van der Waals surface area contributed by atoms with Gasteiger partial charge in [0.1, 0.15) is 0 Å². The molecule has 13 heavy (non-hydrogen) atoms. The van der Waals surface area contributed by atoms with E-state index in [-0.39, 0.29) is 12.5 Å². The molecule has 0 saturated heterocycles. The quantitative estimate of drug-likeness (QED) is 0.688. The number of hydrogen-bond acceptors (Lipinski definition) is 2. The normalized spacial score (nSPS) is 21.1. The number of carbonyl (C=O) groups excluding carboxylic acids is 1. The lowest BCUT2D eigenvalue weighted by Gasteiger charge is -2.28. The fourth-order valence-electron chi connectivity index (χ4n) is 2.06. The van der Waals surface area contributed by atoms with E-state index in [0.717, 1.165) is 0 Å². The van der Waals surface area contributed by atoms with E-state index in [1.807, 2.05) is 0 Å². The van der Waals surface area contributed by atoms with Gasteiger partial charge in [0.05, 0.1) is 6.54 Å². The molecular formula is C10H20N2O. The van der Waals surface area contributed by atoms with Crippen molar-refractivity contribution in [1.82, 2.24) is 5.32 Å². The molecule has 0 spiro atoms. The van der Waals surface area contributed by atoms with Crippen molar-refractivity contribution >= 4 is 5.91 Å². The maximum atomic E-state index is 11.0. The molecule has 1 atom stereocenters. The number of hydrogen-bond donors (Lipinski definition) is 2. The second-order valence-electron chi connectivity index (χ2n) is 3.96. The number of carbonyl (C=O) groups is 1. The van der Waals surface area contributed by atoms with E-state index in [2.05, 4.69) is 12.2 Å². The highest BCUT2D eigenvalue weighted by Gasteiger charge is 2.20. The number of nitrogens with one attached hydrogen (secondary N) is 1. The first-order valence-corrected chi connectivity index (χ1v) is 5.23. The highest BCUT2D eigenvalue weighted by Crippen LogP contribution is 2.26. The summed E-state index contributed by atoms with van der Waals surface area (Å²) < 4.78 is 0. The van der Waals surface area contributed by atoms with E-state index < -0.39 is 0 Å². The van der Waals surface area contributed by atoms with Gasteiger partial charge in [-0.25, -0.2) is 0 Å². The lowest BCUT2D eigenvalue weighted by atomic mass is 9.84. The van der Waals surface area contributed by atoms with Gasteiger partial charge in [-0.3, -0.25) is 4.79 Å². The molecule has 0 aliphatic heterocycles. The monoisotopic (exact) mass is 184 g/mol. The summed E-state index contributed by atoms with van der Waals surface area (Å²) in [6, 6.07) is 0.302. The molecule has 0 aromatic rings. The first-order chi connectivity index (χ1) is 6.24. The van der Waals surface area contributed by atoms with Crippen molar-refractivity contribution < 1.29 is 4.79 Å². The minimum Gasteiger partial charge on any atom is -0.352 e. The largest absolute Gasteiger partial charge is 0.352 e. The van der Waals surface area contributed by atoms with E-state index in [0.29, 0.717) is 12.0 Å². The van der Waals surface area contributed by atoms with Crippen molar-refractivity contribution in [2.45, 2.75) is 45.1 Å². The van der Waals surface area contributed by atoms with Gasteiger partial charge in [-0.1, -0.05) is 19.3 Å². The van der Waals surface area contributed by atoms with Crippen LogP contribution < -0.4 is 11.1 Å². The van der Waals surface area contributed by atoms with Gasteiger partial charge in [-0.15, -0.1) is 0 Å². The molecule has 1 saturated carbocycles. The van der Waals surface area contributed by atoms with Crippen molar-refractivity contribution in [2.75, 3.05) is 6.54 Å². The van der Waals surface area contributed by atoms with Crippen LogP contribution in [0.15, 0.2) is 0 Å². The van der Waals surface area contributed by atoms with Gasteiger partial charge >= 0.3 is 0 Å². The zero-order valence-electron chi connectivity index (χ0n) is 8.38. The Morgan fingerprint density at radius 2 is 2.08 bits per heavy atom. The van der Waals surface area contributed by atoms with E-state index in [1.165, 1.54) is 32.1 Å². The fraction of sp³-hybridized carbons (Fsp3) is 0.900. The van der Waals surface area contributed by atoms with Crippen LogP contribution in [0.4, 0.5) is 0 Å². The van der Waals surface area contributed by atoms with Gasteiger partial charge in [-0.2, -0.15) is 0 Å². The van der Waals surface area contributed by atoms with Crippen LogP contribution >= 0.6 is 0 Å². The van der Waals surface area contributed by atoms with E-state index in [9.17, 15) is 4.79 Å². The van der Waals surface area contributed by atoms with Gasteiger partial charge in [0.15, 0.2) is 0 Å². The molecule has 0 unspecified atom stereocenters. The average Bonchev–Trinajstić information content (AvgIpc) is 2.19. The molecule has 1 rings (SSSR count). The zero-order valence-corrected chi connectivity index (χ0v) is 8.38. The van der Waals surface area contributed by atoms with Crippen molar-refractivity contribution in [3.63, 3.8) is 0 Å². The lowest BCUT2D eigenvalue weighted by molar-refractivity contribution is -0.120. The summed E-state index contributed by atoms with van der Waals surface area (Å²) in [4.78, 5) is 11.0. The first-order valence-electron chi connectivity index (χ1n) is 5.23. The number of amides is 1. The predicted molar refractivity (Wildman–Crippen MR) is 53.2 cm³/mol. The maximum Gasteiger partial charge on any atom is 0.233 e. The average molecular weight is 184 g/mol. The molecule has 3 N–H and O–H groups in total. The highest BCUT2D eigenvalue weighted by molar-refractivity contribution is 5.78. The van der Waals surface area contributed by atoms with Gasteiger partial charge in [-0.05, 0) is 25.7 Å². The number of rotatable bonds is 3. The summed E-state index contributed by atoms with van der Waals surface area (Å²) in [5, 5.41) is 2.94. The highest BCUT2D eigenvalue weighted by atomic mass is 16.1. The molecule has 1 fully saturated rings. The van der Waals surface area contributed by atoms with Crippen LogP contribution in [0.25, 0.3) is 0 Å². The molecule has 1 amide bonds. The molecule has 3 heteroatoms. The Bertz CT molecular complexity index is 164. The summed E-state index contributed by atoms with van der Waals surface area (Å²) in [5.41, 5.74) is 5.24. The summed E-state index contributed by atoms with van der Waals surface area (Å²) in [7, 11) is 0. The molecular weight excluding hydrogens is 164 g/mol. The summed E-state index contributed by atoms with van der Waals surface area (Å²) in [5.74, 6) is 0.641. The summed E-state index contributed by atoms with van der Waals surface area (Å²) in [6.07, 6.45) is 6.49. The molecule has 76 valence electrons. The second kappa shape index (κ2) is 5.22. The Morgan fingerprint density at radius 3 is 2.62 bits per heavy atom. The lowest BCUT2D eigenvalue weighted by Crippen LogP contribution is -2.41. The predicted octanol–water partition coefficient (Wildman–Crippen LogP) is 1.03. The molecule has 1 aliphatic carbocycles. The van der Waals surface area contributed by atoms with Gasteiger partial charge < -0.3 is 11.1 Å². The molecule has 1 aliphatic rings. The topological polar surface area (TPSA) is 55.1 Å². The van der Waals surface area contributed by atoms with Crippen LogP contribution in [0, 0.1) is 5.92 Å². The van der Waals surface area contributed by atoms with Crippen LogP contribution in [0.3, 0.4) is 0 Å². The molecule has 0 heterocycles. The first kappa shape index (κ1) is 10.5. The van der Waals surface area contributed by atoms with Crippen LogP contribution in [0.5, 0.6) is 0 Å². The smallest absolute Gasteiger partial charge is 0.233 e. The Labute approximate surface area is 80.1 Å². The minimum absolute atomic E-state index is 0.0296. The van der Waals surface area contributed by atoms with Crippen LogP contribution in [-0.2, 0) is 4.79 Å². The Morgan fingerprint density at radius 1 is 1.46 bits per heavy atom. The minimum atomic E-state index is -0.0296. The SMILES string of the molecule is C[C@@H](NC(=O)CN)C1CCCCC1. The molecule has 0 aromatic heterocycles. The molecule has 3 nitrogen and oxygen atoms in total. The van der Waals surface area contributed by atoms with Crippen molar-refractivity contribution in [3.05, 3.63) is 0 Å². The Hall–Kier alpha value is -0.570. The van der Waals surface area contributed by atoms with E-state index in [1.54, 1.807) is 0 Å². The summed E-state index contributed by atoms with van der Waals surface area (Å²) in [6.45, 7) is 2.20. The van der Waals surface area contributed by atoms with Crippen molar-refractivity contribution in [1.29, 1.82) is 0 Å². The van der Waals surface area contributed by atoms with Gasteiger partial charge in [0.25, 0.3) is 0 Å². The number of nitrogens with two attached hydrogens (primary N) is 1. The maximum absolute atomic E-state index is 11.0. The third-order valence-corrected chi connectivity index (χ3v) is 2.93. The Kier molecular flexibility index (Phi) is 4.22. The molecule has 0 radical (unpaired) electrons. The van der Waals surface area contributed by atoms with Crippen LogP contribution in [0.2, 0.25) is 0 Å². The third-order valence-electron chi connectivity index (χ3n) is 2.93. The Balaban J connectivity index is 2.28. The zero-order chi connectivity index (χ0) is 9.68. The summed E-state index contributed by atoms with van der Waals surface area (Å²) >= 11 is 0. The van der Waals surface area contributed by atoms with E-state index >= 15 is 0 Å².